The van der Waals surface area contributed by atoms with E-state index in [2.05, 4.69) is 6.92 Å². The standard InChI is InChI=1S/C15H28N2O2/c1-11(12-7-4-5-8-12)15-13(16(2)18)9-6-10-14(15)17(3)19/h11-15H,4-10H2,1-3H3/q-2/t11-,13?,14?,15?/m0/s1. The summed E-state index contributed by atoms with van der Waals surface area (Å²) < 4.78 is 0. The summed E-state index contributed by atoms with van der Waals surface area (Å²) >= 11 is 0. The molecule has 2 aliphatic rings. The number of rotatable bonds is 4. The van der Waals surface area contributed by atoms with Crippen molar-refractivity contribution in [3.63, 3.8) is 0 Å². The second kappa shape index (κ2) is 6.53. The smallest absolute Gasteiger partial charge is 0.00180 e. The predicted octanol–water partition coefficient (Wildman–Crippen LogP) is 3.21. The maximum absolute atomic E-state index is 11.9. The molecule has 0 aromatic heterocycles. The molecule has 0 amide bonds. The number of hydroxylamine groups is 4. The number of hydrogen-bond acceptors (Lipinski definition) is 4. The van der Waals surface area contributed by atoms with E-state index in [0.717, 1.165) is 29.4 Å². The zero-order valence-corrected chi connectivity index (χ0v) is 12.5. The van der Waals surface area contributed by atoms with E-state index >= 15 is 0 Å². The van der Waals surface area contributed by atoms with Gasteiger partial charge < -0.3 is 20.5 Å². The second-order valence-corrected chi connectivity index (χ2v) is 6.64. The van der Waals surface area contributed by atoms with Gasteiger partial charge in [0, 0.05) is 12.1 Å². The van der Waals surface area contributed by atoms with Crippen molar-refractivity contribution in [3.05, 3.63) is 10.4 Å². The molecule has 0 heterocycles. The van der Waals surface area contributed by atoms with Crippen LogP contribution in [0.5, 0.6) is 0 Å². The van der Waals surface area contributed by atoms with Crippen LogP contribution in [0.15, 0.2) is 0 Å². The third kappa shape index (κ3) is 3.30. The minimum absolute atomic E-state index is 0.0331. The highest BCUT2D eigenvalue weighted by atomic mass is 16.5. The molecule has 0 spiro atoms. The van der Waals surface area contributed by atoms with Crippen LogP contribution < -0.4 is 0 Å². The van der Waals surface area contributed by atoms with Crippen LogP contribution in [0.2, 0.25) is 0 Å². The van der Waals surface area contributed by atoms with Gasteiger partial charge in [0.1, 0.15) is 0 Å². The van der Waals surface area contributed by atoms with Gasteiger partial charge in [-0.25, -0.2) is 0 Å². The largest absolute Gasteiger partial charge is 0.785 e. The molecule has 0 saturated heterocycles. The van der Waals surface area contributed by atoms with E-state index in [1.807, 2.05) is 0 Å². The molecule has 2 rings (SSSR count). The lowest BCUT2D eigenvalue weighted by Gasteiger charge is -2.53. The van der Waals surface area contributed by atoms with Crippen LogP contribution in [-0.4, -0.2) is 36.3 Å². The Kier molecular flexibility index (Phi) is 5.23. The summed E-state index contributed by atoms with van der Waals surface area (Å²) in [7, 11) is 3.26. The molecular formula is C15H28N2O2-2. The SMILES string of the molecule is C[C@@H](C1CCCC1)C1C(N(C)[O-])CCCC1N(C)[O-]. The van der Waals surface area contributed by atoms with Gasteiger partial charge in [0.2, 0.25) is 0 Å². The first kappa shape index (κ1) is 15.2. The van der Waals surface area contributed by atoms with Crippen molar-refractivity contribution in [2.45, 2.75) is 64.0 Å². The normalized spacial score (nSPS) is 35.2. The van der Waals surface area contributed by atoms with Gasteiger partial charge >= 0.3 is 0 Å². The van der Waals surface area contributed by atoms with E-state index < -0.39 is 0 Å². The Bertz CT molecular complexity index is 261. The topological polar surface area (TPSA) is 52.6 Å². The Hall–Kier alpha value is -0.160. The molecule has 0 N–H and O–H groups in total. The molecule has 0 radical (unpaired) electrons. The van der Waals surface area contributed by atoms with Crippen molar-refractivity contribution in [2.75, 3.05) is 14.1 Å². The Morgan fingerprint density at radius 2 is 1.32 bits per heavy atom. The van der Waals surface area contributed by atoms with Gasteiger partial charge in [-0.1, -0.05) is 39.0 Å². The monoisotopic (exact) mass is 268 g/mol. The summed E-state index contributed by atoms with van der Waals surface area (Å²) in [5.74, 6) is 1.44. The second-order valence-electron chi connectivity index (χ2n) is 6.64. The first-order valence-electron chi connectivity index (χ1n) is 7.82. The minimum atomic E-state index is 0.0331. The molecular weight excluding hydrogens is 240 g/mol. The summed E-state index contributed by atoms with van der Waals surface area (Å²) in [5, 5.41) is 26.0. The summed E-state index contributed by atoms with van der Waals surface area (Å²) in [6.45, 7) is 2.28. The first-order valence-corrected chi connectivity index (χ1v) is 7.82. The third-order valence-corrected chi connectivity index (χ3v) is 5.57. The Morgan fingerprint density at radius 1 is 0.842 bits per heavy atom. The first-order chi connectivity index (χ1) is 9.02. The lowest BCUT2D eigenvalue weighted by Crippen LogP contribution is -2.52. The van der Waals surface area contributed by atoms with Crippen LogP contribution in [0.1, 0.15) is 51.9 Å². The molecule has 4 heteroatoms. The Morgan fingerprint density at radius 3 is 1.74 bits per heavy atom. The summed E-state index contributed by atoms with van der Waals surface area (Å²) in [4.78, 5) is 0. The van der Waals surface area contributed by atoms with Crippen LogP contribution in [0.25, 0.3) is 0 Å². The van der Waals surface area contributed by atoms with Crippen molar-refractivity contribution in [1.82, 2.24) is 10.1 Å². The molecule has 0 aromatic carbocycles. The van der Waals surface area contributed by atoms with Gasteiger partial charge in [0.05, 0.1) is 0 Å². The molecule has 3 atom stereocenters. The molecule has 2 unspecified atom stereocenters. The minimum Gasteiger partial charge on any atom is -0.785 e. The maximum Gasteiger partial charge on any atom is 0.00180 e. The lowest BCUT2D eigenvalue weighted by molar-refractivity contribution is 0.0344. The quantitative estimate of drug-likeness (QED) is 0.735. The molecule has 2 aliphatic carbocycles. The highest BCUT2D eigenvalue weighted by Gasteiger charge is 2.40. The van der Waals surface area contributed by atoms with Crippen molar-refractivity contribution in [1.29, 1.82) is 0 Å². The summed E-state index contributed by atoms with van der Waals surface area (Å²) in [5.41, 5.74) is 0. The zero-order valence-electron chi connectivity index (χ0n) is 12.5. The van der Waals surface area contributed by atoms with Gasteiger partial charge in [-0.15, -0.1) is 0 Å². The molecule has 0 bridgehead atoms. The van der Waals surface area contributed by atoms with Gasteiger partial charge in [0.15, 0.2) is 0 Å². The van der Waals surface area contributed by atoms with E-state index in [-0.39, 0.29) is 18.0 Å². The average Bonchev–Trinajstić information content (AvgIpc) is 2.90. The van der Waals surface area contributed by atoms with Crippen LogP contribution in [-0.2, 0) is 0 Å². The van der Waals surface area contributed by atoms with E-state index in [1.165, 1.54) is 25.7 Å². The lowest BCUT2D eigenvalue weighted by atomic mass is 9.69. The fourth-order valence-electron chi connectivity index (χ4n) is 4.52. The molecule has 112 valence electrons. The summed E-state index contributed by atoms with van der Waals surface area (Å²) in [6.07, 6.45) is 8.10. The van der Waals surface area contributed by atoms with E-state index in [1.54, 1.807) is 14.1 Å². The van der Waals surface area contributed by atoms with Crippen molar-refractivity contribution >= 4 is 0 Å². The van der Waals surface area contributed by atoms with Crippen LogP contribution in [0.3, 0.4) is 0 Å². The van der Waals surface area contributed by atoms with Gasteiger partial charge in [-0.05, 0) is 44.7 Å². The van der Waals surface area contributed by atoms with E-state index in [4.69, 9.17) is 0 Å². The van der Waals surface area contributed by atoms with Crippen LogP contribution in [0, 0.1) is 28.2 Å². The Balaban J connectivity index is 2.16. The average molecular weight is 268 g/mol. The van der Waals surface area contributed by atoms with E-state index in [0.29, 0.717) is 11.8 Å². The number of hydrogen-bond donors (Lipinski definition) is 0. The fourth-order valence-corrected chi connectivity index (χ4v) is 4.52. The molecule has 4 nitrogen and oxygen atoms in total. The van der Waals surface area contributed by atoms with Crippen LogP contribution in [0.4, 0.5) is 0 Å². The van der Waals surface area contributed by atoms with Crippen LogP contribution >= 0.6 is 0 Å². The molecule has 0 aliphatic heterocycles. The number of nitrogens with zero attached hydrogens (tertiary/aromatic N) is 2. The summed E-state index contributed by atoms with van der Waals surface area (Å²) in [6, 6.07) is 0.0662. The molecule has 2 fully saturated rings. The highest BCUT2D eigenvalue weighted by molar-refractivity contribution is 4.96. The zero-order chi connectivity index (χ0) is 14.0. The molecule has 2 saturated carbocycles. The van der Waals surface area contributed by atoms with Crippen molar-refractivity contribution in [2.24, 2.45) is 17.8 Å². The van der Waals surface area contributed by atoms with Crippen molar-refractivity contribution in [3.8, 4) is 0 Å². The fraction of sp³-hybridized carbons (Fsp3) is 1.00. The van der Waals surface area contributed by atoms with Gasteiger partial charge in [-0.3, -0.25) is 0 Å². The molecule has 0 aromatic rings. The highest BCUT2D eigenvalue weighted by Crippen LogP contribution is 2.43. The Labute approximate surface area is 117 Å². The maximum atomic E-state index is 11.9. The van der Waals surface area contributed by atoms with E-state index in [9.17, 15) is 10.4 Å². The third-order valence-electron chi connectivity index (χ3n) is 5.57. The van der Waals surface area contributed by atoms with Gasteiger partial charge in [0.25, 0.3) is 0 Å². The van der Waals surface area contributed by atoms with Crippen molar-refractivity contribution < 1.29 is 0 Å². The predicted molar refractivity (Wildman–Crippen MR) is 78.3 cm³/mol. The molecule has 19 heavy (non-hydrogen) atoms. The van der Waals surface area contributed by atoms with Gasteiger partial charge in [-0.2, -0.15) is 0 Å².